The number of aliphatic hydroxyl groups excluding tert-OH is 1. The Balaban J connectivity index is 1.54. The summed E-state index contributed by atoms with van der Waals surface area (Å²) in [5.74, 6) is -1.01. The molecule has 3 aromatic carbocycles. The minimum Gasteiger partial charge on any atom is -0.478 e. The van der Waals surface area contributed by atoms with E-state index in [1.54, 1.807) is 12.1 Å². The van der Waals surface area contributed by atoms with Crippen LogP contribution in [-0.2, 0) is 0 Å². The molecule has 8 heteroatoms. The summed E-state index contributed by atoms with van der Waals surface area (Å²) in [4.78, 5) is 13.1. The minimum absolute atomic E-state index is 0.163. The minimum atomic E-state index is -1.01. The molecule has 1 aliphatic rings. The number of thiocarbonyl (C=S) groups is 1. The van der Waals surface area contributed by atoms with Crippen molar-refractivity contribution in [2.75, 3.05) is 10.2 Å². The molecule has 0 bridgehead atoms. The smallest absolute Gasteiger partial charge is 0.335 e. The largest absolute Gasteiger partial charge is 0.478 e. The second-order valence-electron chi connectivity index (χ2n) is 7.73. The molecule has 5 N–H and O–H groups in total. The van der Waals surface area contributed by atoms with Crippen molar-refractivity contribution in [3.63, 3.8) is 0 Å². The topological polar surface area (TPSA) is 96.9 Å². The lowest BCUT2D eigenvalue weighted by molar-refractivity contribution is 0.0697. The summed E-state index contributed by atoms with van der Waals surface area (Å²) in [6.07, 6.45) is -0.882. The van der Waals surface area contributed by atoms with Crippen LogP contribution in [0.3, 0.4) is 0 Å². The number of rotatable bonds is 5. The predicted molar refractivity (Wildman–Crippen MR) is 134 cm³/mol. The zero-order valence-corrected chi connectivity index (χ0v) is 19.0. The van der Waals surface area contributed by atoms with Gasteiger partial charge in [-0.2, -0.15) is 0 Å². The van der Waals surface area contributed by atoms with E-state index in [1.165, 1.54) is 12.1 Å². The molecule has 33 heavy (non-hydrogen) atoms. The van der Waals surface area contributed by atoms with Gasteiger partial charge < -0.3 is 25.9 Å². The number of aryl methyl sites for hydroxylation is 1. The van der Waals surface area contributed by atoms with Crippen LogP contribution in [0.25, 0.3) is 5.57 Å². The number of allylic oxidation sites excluding steroid dienone is 1. The quantitative estimate of drug-likeness (QED) is 0.283. The average Bonchev–Trinajstić information content (AvgIpc) is 3.09. The van der Waals surface area contributed by atoms with Crippen LogP contribution in [0.2, 0.25) is 0 Å². The molecule has 4 rings (SSSR count). The molecule has 0 fully saturated rings. The van der Waals surface area contributed by atoms with Gasteiger partial charge in [-0.1, -0.05) is 36.4 Å². The maximum atomic E-state index is 11.3. The molecule has 0 aliphatic carbocycles. The number of carbonyl (C=O) groups is 1. The Morgan fingerprint density at radius 3 is 2.52 bits per heavy atom. The molecule has 0 saturated carbocycles. The number of aliphatic hydroxyl groups is 1. The number of nitrogens with zero attached hydrogens (tertiary/aromatic N) is 1. The van der Waals surface area contributed by atoms with Crippen LogP contribution in [0.1, 0.15) is 28.4 Å². The maximum Gasteiger partial charge on any atom is 0.335 e. The third-order valence-electron chi connectivity index (χ3n) is 5.37. The third-order valence-corrected chi connectivity index (χ3v) is 5.58. The molecule has 0 radical (unpaired) electrons. The fourth-order valence-corrected chi connectivity index (χ4v) is 4.04. The van der Waals surface area contributed by atoms with Crippen molar-refractivity contribution < 1.29 is 15.0 Å². The number of anilines is 3. The summed E-state index contributed by atoms with van der Waals surface area (Å²) in [5, 5.41) is 23.6. The summed E-state index contributed by atoms with van der Waals surface area (Å²) < 4.78 is 0. The van der Waals surface area contributed by atoms with Crippen LogP contribution < -0.4 is 21.1 Å². The Hall–Kier alpha value is -3.88. The molecule has 1 unspecified atom stereocenters. The Morgan fingerprint density at radius 1 is 1.00 bits per heavy atom. The highest BCUT2D eigenvalue weighted by Crippen LogP contribution is 2.44. The summed E-state index contributed by atoms with van der Waals surface area (Å²) in [6, 6.07) is 22.2. The molecule has 3 aromatic rings. The fraction of sp³-hybridized carbons (Fsp3) is 0.120. The highest BCUT2D eigenvalue weighted by Gasteiger charge is 2.34. The van der Waals surface area contributed by atoms with Crippen molar-refractivity contribution in [2.24, 2.45) is 0 Å². The van der Waals surface area contributed by atoms with E-state index in [2.05, 4.69) is 16.2 Å². The highest BCUT2D eigenvalue weighted by atomic mass is 32.1. The maximum absolute atomic E-state index is 11.3. The molecule has 1 heterocycles. The summed E-state index contributed by atoms with van der Waals surface area (Å²) in [5.41, 5.74) is 12.0. The van der Waals surface area contributed by atoms with E-state index in [0.717, 1.165) is 28.1 Å². The number of carboxylic acids is 1. The van der Waals surface area contributed by atoms with Crippen molar-refractivity contribution in [2.45, 2.75) is 20.1 Å². The van der Waals surface area contributed by atoms with E-state index in [0.29, 0.717) is 11.4 Å². The van der Waals surface area contributed by atoms with E-state index < -0.39 is 12.2 Å². The van der Waals surface area contributed by atoms with Gasteiger partial charge >= 0.3 is 5.97 Å². The Labute approximate surface area is 197 Å². The van der Waals surface area contributed by atoms with Crippen molar-refractivity contribution in [3.05, 3.63) is 95.2 Å². The Morgan fingerprint density at radius 2 is 1.76 bits per heavy atom. The zero-order chi connectivity index (χ0) is 23.5. The first-order valence-electron chi connectivity index (χ1n) is 10.4. The van der Waals surface area contributed by atoms with Gasteiger partial charge in [-0.25, -0.2) is 4.79 Å². The monoisotopic (exact) mass is 460 g/mol. The van der Waals surface area contributed by atoms with E-state index >= 15 is 0 Å². The lowest BCUT2D eigenvalue weighted by Gasteiger charge is -2.25. The highest BCUT2D eigenvalue weighted by molar-refractivity contribution is 7.80. The number of para-hydroxylation sites is 1. The number of aromatic carboxylic acids is 1. The van der Waals surface area contributed by atoms with Crippen LogP contribution >= 0.6 is 12.2 Å². The lowest BCUT2D eigenvalue weighted by atomic mass is 10.1. The predicted octanol–water partition coefficient (Wildman–Crippen LogP) is 4.39. The van der Waals surface area contributed by atoms with Gasteiger partial charge in [-0.3, -0.25) is 5.43 Å². The molecule has 0 amide bonds. The molecule has 1 aliphatic heterocycles. The van der Waals surface area contributed by atoms with Gasteiger partial charge in [0.25, 0.3) is 0 Å². The summed E-state index contributed by atoms with van der Waals surface area (Å²) in [7, 11) is 0. The van der Waals surface area contributed by atoms with E-state index in [-0.39, 0.29) is 10.7 Å². The van der Waals surface area contributed by atoms with Crippen molar-refractivity contribution >= 4 is 45.9 Å². The molecule has 1 atom stereocenters. The average molecular weight is 461 g/mol. The van der Waals surface area contributed by atoms with Gasteiger partial charge in [0.1, 0.15) is 0 Å². The summed E-state index contributed by atoms with van der Waals surface area (Å²) >= 11 is 5.33. The Kier molecular flexibility index (Phi) is 6.30. The lowest BCUT2D eigenvalue weighted by Crippen LogP contribution is -2.40. The number of nitrogens with one attached hydrogen (secondary N) is 3. The molecular weight excluding hydrogens is 436 g/mol. The van der Waals surface area contributed by atoms with Crippen LogP contribution in [-0.4, -0.2) is 27.5 Å². The van der Waals surface area contributed by atoms with Crippen LogP contribution in [0.15, 0.2) is 78.5 Å². The fourth-order valence-electron chi connectivity index (χ4n) is 3.88. The van der Waals surface area contributed by atoms with Gasteiger partial charge in [0, 0.05) is 28.2 Å². The van der Waals surface area contributed by atoms with E-state index in [4.69, 9.17) is 17.3 Å². The van der Waals surface area contributed by atoms with Gasteiger partial charge in [0.2, 0.25) is 0 Å². The number of carboxylic acid groups (broad SMARTS) is 1. The van der Waals surface area contributed by atoms with E-state index in [9.17, 15) is 9.90 Å². The van der Waals surface area contributed by atoms with Gasteiger partial charge in [0.05, 0.1) is 11.3 Å². The number of hydrazine groups is 1. The van der Waals surface area contributed by atoms with Crippen molar-refractivity contribution in [1.82, 2.24) is 10.9 Å². The normalized spacial score (nSPS) is 16.1. The number of benzene rings is 3. The van der Waals surface area contributed by atoms with Gasteiger partial charge in [-0.15, -0.1) is 0 Å². The first-order chi connectivity index (χ1) is 15.8. The molecular formula is C25H24N4O3S. The molecule has 168 valence electrons. The second-order valence-corrected chi connectivity index (χ2v) is 8.14. The van der Waals surface area contributed by atoms with Crippen LogP contribution in [0, 0.1) is 6.92 Å². The molecule has 0 aromatic heterocycles. The SMILES string of the molecule is C/C(NNC(=S)Nc1cccc(C(=O)O)c1)=C1\c2ccccc2N(c2cccc(C)c2)C1O. The van der Waals surface area contributed by atoms with Crippen LogP contribution in [0.4, 0.5) is 17.1 Å². The van der Waals surface area contributed by atoms with Crippen LogP contribution in [0.5, 0.6) is 0 Å². The third kappa shape index (κ3) is 4.67. The number of fused-ring (bicyclic) bond motifs is 1. The summed E-state index contributed by atoms with van der Waals surface area (Å²) in [6.45, 7) is 3.88. The van der Waals surface area contributed by atoms with Crippen molar-refractivity contribution in [3.8, 4) is 0 Å². The van der Waals surface area contributed by atoms with E-state index in [1.807, 2.05) is 67.3 Å². The first kappa shape index (κ1) is 22.3. The van der Waals surface area contributed by atoms with Gasteiger partial charge in [-0.05, 0) is 68.0 Å². The molecule has 7 nitrogen and oxygen atoms in total. The van der Waals surface area contributed by atoms with Crippen molar-refractivity contribution in [1.29, 1.82) is 0 Å². The zero-order valence-electron chi connectivity index (χ0n) is 18.2. The Bertz CT molecular complexity index is 1260. The number of hydrogen-bond acceptors (Lipinski definition) is 5. The molecule has 0 spiro atoms. The molecule has 0 saturated heterocycles. The first-order valence-corrected chi connectivity index (χ1v) is 10.8. The number of hydrogen-bond donors (Lipinski definition) is 5. The van der Waals surface area contributed by atoms with Gasteiger partial charge in [0.15, 0.2) is 11.3 Å². The second kappa shape index (κ2) is 9.32. The standard InChI is InChI=1S/C25H24N4O3S/c1-15-7-5-10-19(13-15)29-21-12-4-3-11-20(21)22(23(29)30)16(2)27-28-25(33)26-18-9-6-8-17(14-18)24(31)32/h3-14,23,27,30H,1-2H3,(H,31,32)(H2,26,28,33)/b22-16-.